The van der Waals surface area contributed by atoms with Crippen LogP contribution in [0.3, 0.4) is 0 Å². The molecule has 0 amide bonds. The van der Waals surface area contributed by atoms with Crippen molar-refractivity contribution in [1.82, 2.24) is 0 Å². The fourth-order valence-corrected chi connectivity index (χ4v) is 2.37. The molecule has 1 aliphatic rings. The number of carbonyl (C=O) groups excluding carboxylic acids is 1. The Kier molecular flexibility index (Phi) is 4.03. The maximum atomic E-state index is 11.9. The second-order valence-electron chi connectivity index (χ2n) is 4.74. The van der Waals surface area contributed by atoms with Crippen molar-refractivity contribution in [3.8, 4) is 0 Å². The highest BCUT2D eigenvalue weighted by Crippen LogP contribution is 2.23. The molecule has 0 unspecified atom stereocenters. The predicted octanol–water partition coefficient (Wildman–Crippen LogP) is 3.70. The highest BCUT2D eigenvalue weighted by molar-refractivity contribution is 9.10. The molecule has 3 rings (SSSR count). The normalized spacial score (nSPS) is 15.4. The Morgan fingerprint density at radius 1 is 1.17 bits per heavy atom. The van der Waals surface area contributed by atoms with Crippen LogP contribution in [0.15, 0.2) is 63.7 Å². The van der Waals surface area contributed by atoms with E-state index in [1.54, 1.807) is 12.1 Å². The standard InChI is InChI=1S/C16H9BrN2O4/c17-12-6-4-10(5-7-12)8-14-15(18-23-16(14)20)11-2-1-3-13(9-11)19(21)22/h1-9H. The summed E-state index contributed by atoms with van der Waals surface area (Å²) in [5, 5.41) is 14.6. The zero-order valence-electron chi connectivity index (χ0n) is 11.6. The maximum absolute atomic E-state index is 11.9. The smallest absolute Gasteiger partial charge is 0.312 e. The van der Waals surface area contributed by atoms with E-state index in [1.165, 1.54) is 18.2 Å². The lowest BCUT2D eigenvalue weighted by Crippen LogP contribution is -2.07. The van der Waals surface area contributed by atoms with Crippen molar-refractivity contribution in [3.63, 3.8) is 0 Å². The molecule has 0 atom stereocenters. The number of rotatable bonds is 3. The molecule has 0 radical (unpaired) electrons. The molecule has 0 N–H and O–H groups in total. The van der Waals surface area contributed by atoms with Crippen LogP contribution in [0.5, 0.6) is 0 Å². The van der Waals surface area contributed by atoms with E-state index < -0.39 is 10.9 Å². The average Bonchev–Trinajstić information content (AvgIpc) is 2.91. The van der Waals surface area contributed by atoms with Crippen molar-refractivity contribution in [2.45, 2.75) is 0 Å². The Morgan fingerprint density at radius 2 is 1.91 bits per heavy atom. The number of halogens is 1. The van der Waals surface area contributed by atoms with Crippen molar-refractivity contribution < 1.29 is 14.6 Å². The minimum atomic E-state index is -0.588. The lowest BCUT2D eigenvalue weighted by atomic mass is 10.0. The Bertz CT molecular complexity index is 857. The quantitative estimate of drug-likeness (QED) is 0.356. The maximum Gasteiger partial charge on any atom is 0.368 e. The monoisotopic (exact) mass is 372 g/mol. The van der Waals surface area contributed by atoms with Gasteiger partial charge in [0.25, 0.3) is 5.69 Å². The summed E-state index contributed by atoms with van der Waals surface area (Å²) in [5.41, 5.74) is 1.70. The first-order chi connectivity index (χ1) is 11.0. The molecule has 0 saturated carbocycles. The van der Waals surface area contributed by atoms with Crippen LogP contribution in [0.25, 0.3) is 6.08 Å². The summed E-state index contributed by atoms with van der Waals surface area (Å²) in [4.78, 5) is 27.0. The molecule has 1 aliphatic heterocycles. The summed E-state index contributed by atoms with van der Waals surface area (Å²) in [5.74, 6) is -0.588. The second-order valence-corrected chi connectivity index (χ2v) is 5.65. The van der Waals surface area contributed by atoms with E-state index in [1.807, 2.05) is 24.3 Å². The molecule has 0 bridgehead atoms. The molecule has 1 heterocycles. The van der Waals surface area contributed by atoms with E-state index in [4.69, 9.17) is 4.84 Å². The molecule has 114 valence electrons. The van der Waals surface area contributed by atoms with Gasteiger partial charge in [-0.25, -0.2) is 4.79 Å². The molecule has 0 aromatic heterocycles. The third-order valence-corrected chi connectivity index (χ3v) is 3.73. The molecule has 6 nitrogen and oxygen atoms in total. The van der Waals surface area contributed by atoms with Crippen LogP contribution in [0, 0.1) is 10.1 Å². The first-order valence-electron chi connectivity index (χ1n) is 6.56. The molecular weight excluding hydrogens is 364 g/mol. The van der Waals surface area contributed by atoms with Crippen molar-refractivity contribution in [2.24, 2.45) is 5.16 Å². The lowest BCUT2D eigenvalue weighted by molar-refractivity contribution is -0.384. The summed E-state index contributed by atoms with van der Waals surface area (Å²) in [7, 11) is 0. The van der Waals surface area contributed by atoms with Gasteiger partial charge in [0.15, 0.2) is 0 Å². The van der Waals surface area contributed by atoms with Crippen molar-refractivity contribution in [1.29, 1.82) is 0 Å². The lowest BCUT2D eigenvalue weighted by Gasteiger charge is -2.01. The van der Waals surface area contributed by atoms with Crippen LogP contribution in [0.2, 0.25) is 0 Å². The summed E-state index contributed by atoms with van der Waals surface area (Å²) >= 11 is 3.34. The van der Waals surface area contributed by atoms with Crippen molar-refractivity contribution >= 4 is 39.4 Å². The fraction of sp³-hybridized carbons (Fsp3) is 0. The first-order valence-corrected chi connectivity index (χ1v) is 7.36. The number of carbonyl (C=O) groups is 1. The van der Waals surface area contributed by atoms with Gasteiger partial charge in [-0.2, -0.15) is 0 Å². The zero-order valence-corrected chi connectivity index (χ0v) is 13.2. The van der Waals surface area contributed by atoms with Crippen molar-refractivity contribution in [3.05, 3.63) is 79.8 Å². The zero-order chi connectivity index (χ0) is 16.4. The topological polar surface area (TPSA) is 81.8 Å². The Balaban J connectivity index is 2.01. The van der Waals surface area contributed by atoms with Crippen LogP contribution in [-0.4, -0.2) is 16.6 Å². The van der Waals surface area contributed by atoms with Gasteiger partial charge in [-0.3, -0.25) is 10.1 Å². The number of oxime groups is 1. The third-order valence-electron chi connectivity index (χ3n) is 3.21. The van der Waals surface area contributed by atoms with Crippen LogP contribution in [-0.2, 0) is 9.63 Å². The third kappa shape index (κ3) is 3.19. The fourth-order valence-electron chi connectivity index (χ4n) is 2.11. The SMILES string of the molecule is O=C1ON=C(c2cccc([N+](=O)[O-])c2)C1=Cc1ccc(Br)cc1. The van der Waals surface area contributed by atoms with Gasteiger partial charge in [0.2, 0.25) is 0 Å². The van der Waals surface area contributed by atoms with Gasteiger partial charge in [-0.15, -0.1) is 0 Å². The Labute approximate surface area is 139 Å². The molecule has 7 heteroatoms. The molecular formula is C16H9BrN2O4. The number of nitro groups is 1. The molecule has 0 fully saturated rings. The summed E-state index contributed by atoms with van der Waals surface area (Å²) in [6.45, 7) is 0. The number of hydrogen-bond donors (Lipinski definition) is 0. The minimum absolute atomic E-state index is 0.0764. The average molecular weight is 373 g/mol. The summed E-state index contributed by atoms with van der Waals surface area (Å²) in [6.07, 6.45) is 1.64. The predicted molar refractivity (Wildman–Crippen MR) is 87.8 cm³/mol. The number of benzene rings is 2. The summed E-state index contributed by atoms with van der Waals surface area (Å²) in [6, 6.07) is 13.3. The van der Waals surface area contributed by atoms with E-state index in [0.717, 1.165) is 10.0 Å². The second kappa shape index (κ2) is 6.13. The van der Waals surface area contributed by atoms with Crippen LogP contribution in [0.1, 0.15) is 11.1 Å². The summed E-state index contributed by atoms with van der Waals surface area (Å²) < 4.78 is 0.918. The van der Waals surface area contributed by atoms with E-state index in [2.05, 4.69) is 21.1 Å². The van der Waals surface area contributed by atoms with E-state index >= 15 is 0 Å². The van der Waals surface area contributed by atoms with Crippen LogP contribution >= 0.6 is 15.9 Å². The van der Waals surface area contributed by atoms with Gasteiger partial charge < -0.3 is 4.84 Å². The van der Waals surface area contributed by atoms with Gasteiger partial charge >= 0.3 is 5.97 Å². The Hall–Kier alpha value is -2.80. The highest BCUT2D eigenvalue weighted by Gasteiger charge is 2.27. The van der Waals surface area contributed by atoms with Crippen LogP contribution in [0.4, 0.5) is 5.69 Å². The van der Waals surface area contributed by atoms with Gasteiger partial charge in [0, 0.05) is 22.2 Å². The molecule has 0 spiro atoms. The number of nitrogens with zero attached hydrogens (tertiary/aromatic N) is 2. The van der Waals surface area contributed by atoms with Gasteiger partial charge in [0.05, 0.1) is 10.5 Å². The van der Waals surface area contributed by atoms with E-state index in [-0.39, 0.29) is 17.0 Å². The van der Waals surface area contributed by atoms with Crippen LogP contribution < -0.4 is 0 Å². The first kappa shape index (κ1) is 15.1. The van der Waals surface area contributed by atoms with E-state index in [0.29, 0.717) is 5.56 Å². The number of nitro benzene ring substituents is 1. The van der Waals surface area contributed by atoms with Gasteiger partial charge in [-0.05, 0) is 23.8 Å². The largest absolute Gasteiger partial charge is 0.368 e. The molecule has 23 heavy (non-hydrogen) atoms. The van der Waals surface area contributed by atoms with Gasteiger partial charge in [0.1, 0.15) is 5.71 Å². The molecule has 2 aromatic rings. The van der Waals surface area contributed by atoms with Crippen molar-refractivity contribution in [2.75, 3.05) is 0 Å². The minimum Gasteiger partial charge on any atom is -0.312 e. The molecule has 0 saturated heterocycles. The van der Waals surface area contributed by atoms with Gasteiger partial charge in [-0.1, -0.05) is 45.4 Å². The van der Waals surface area contributed by atoms with E-state index in [9.17, 15) is 14.9 Å². The molecule has 0 aliphatic carbocycles. The molecule has 2 aromatic carbocycles. The highest BCUT2D eigenvalue weighted by atomic mass is 79.9. The number of non-ortho nitro benzene ring substituents is 1. The number of hydrogen-bond acceptors (Lipinski definition) is 5. The Morgan fingerprint density at radius 3 is 2.61 bits per heavy atom.